The van der Waals surface area contributed by atoms with E-state index < -0.39 is 0 Å². The Kier molecular flexibility index (Phi) is 6.88. The summed E-state index contributed by atoms with van der Waals surface area (Å²) >= 11 is 1.39. The van der Waals surface area contributed by atoms with Crippen LogP contribution in [0, 0.1) is 6.92 Å². The van der Waals surface area contributed by atoms with Crippen molar-refractivity contribution in [2.75, 3.05) is 6.54 Å². The van der Waals surface area contributed by atoms with E-state index in [1.165, 1.54) is 11.3 Å². The fourth-order valence-corrected chi connectivity index (χ4v) is 3.75. The van der Waals surface area contributed by atoms with Crippen LogP contribution < -0.4 is 0 Å². The standard InChI is InChI=1S/C23H26N2O3S/c1-17(2)25(23(27)21-10-7-13-29-21)16-22(26)24(14-19-8-5-4-6-9-19)15-20-12-11-18(3)28-20/h4-13,17H,14-16H2,1-3H3. The molecule has 1 aromatic carbocycles. The first-order valence-corrected chi connectivity index (χ1v) is 10.5. The normalized spacial score (nSPS) is 10.9. The predicted molar refractivity (Wildman–Crippen MR) is 115 cm³/mol. The molecule has 0 bridgehead atoms. The van der Waals surface area contributed by atoms with E-state index in [0.717, 1.165) is 17.1 Å². The number of carbonyl (C=O) groups is 2. The molecule has 6 heteroatoms. The van der Waals surface area contributed by atoms with E-state index >= 15 is 0 Å². The van der Waals surface area contributed by atoms with Crippen molar-refractivity contribution in [1.82, 2.24) is 9.80 Å². The maximum atomic E-state index is 13.2. The number of benzene rings is 1. The van der Waals surface area contributed by atoms with Gasteiger partial charge in [0.15, 0.2) is 0 Å². The average Bonchev–Trinajstić information content (AvgIpc) is 3.37. The molecule has 0 radical (unpaired) electrons. The van der Waals surface area contributed by atoms with E-state index in [1.807, 2.05) is 74.7 Å². The van der Waals surface area contributed by atoms with Gasteiger partial charge in [-0.1, -0.05) is 36.4 Å². The van der Waals surface area contributed by atoms with Crippen LogP contribution in [-0.2, 0) is 17.9 Å². The summed E-state index contributed by atoms with van der Waals surface area (Å²) < 4.78 is 5.69. The second-order valence-electron chi connectivity index (χ2n) is 7.25. The Morgan fingerprint density at radius 1 is 1.00 bits per heavy atom. The summed E-state index contributed by atoms with van der Waals surface area (Å²) in [4.78, 5) is 30.1. The summed E-state index contributed by atoms with van der Waals surface area (Å²) in [6, 6.07) is 17.2. The minimum absolute atomic E-state index is 0.0287. The van der Waals surface area contributed by atoms with Gasteiger partial charge in [-0.15, -0.1) is 11.3 Å². The Labute approximate surface area is 175 Å². The first kappa shape index (κ1) is 20.9. The zero-order chi connectivity index (χ0) is 20.8. The lowest BCUT2D eigenvalue weighted by Gasteiger charge is -2.29. The molecule has 0 aliphatic carbocycles. The summed E-state index contributed by atoms with van der Waals surface area (Å²) in [6.45, 7) is 6.58. The van der Waals surface area contributed by atoms with Crippen LogP contribution in [0.25, 0.3) is 0 Å². The molecule has 0 spiro atoms. The number of carbonyl (C=O) groups excluding carboxylic acids is 2. The molecule has 0 fully saturated rings. The minimum Gasteiger partial charge on any atom is -0.464 e. The maximum Gasteiger partial charge on any atom is 0.264 e. The van der Waals surface area contributed by atoms with Gasteiger partial charge in [-0.3, -0.25) is 9.59 Å². The van der Waals surface area contributed by atoms with Crippen LogP contribution in [0.3, 0.4) is 0 Å². The molecule has 2 amide bonds. The molecule has 0 N–H and O–H groups in total. The molecule has 3 aromatic rings. The predicted octanol–water partition coefficient (Wildman–Crippen LogP) is 4.73. The topological polar surface area (TPSA) is 53.8 Å². The van der Waals surface area contributed by atoms with Gasteiger partial charge in [0, 0.05) is 12.6 Å². The highest BCUT2D eigenvalue weighted by Gasteiger charge is 2.25. The Bertz CT molecular complexity index is 932. The highest BCUT2D eigenvalue weighted by Crippen LogP contribution is 2.17. The second kappa shape index (κ2) is 9.56. The highest BCUT2D eigenvalue weighted by molar-refractivity contribution is 7.12. The number of furan rings is 1. The summed E-state index contributed by atoms with van der Waals surface area (Å²) in [6.07, 6.45) is 0. The van der Waals surface area contributed by atoms with Gasteiger partial charge in [0.25, 0.3) is 5.91 Å². The monoisotopic (exact) mass is 410 g/mol. The van der Waals surface area contributed by atoms with Crippen molar-refractivity contribution in [3.05, 3.63) is 81.9 Å². The number of nitrogens with zero attached hydrogens (tertiary/aromatic N) is 2. The van der Waals surface area contributed by atoms with Gasteiger partial charge in [0.05, 0.1) is 11.4 Å². The quantitative estimate of drug-likeness (QED) is 0.539. The molecular weight excluding hydrogens is 384 g/mol. The number of thiophene rings is 1. The third-order valence-corrected chi connectivity index (χ3v) is 5.49. The lowest BCUT2D eigenvalue weighted by atomic mass is 10.2. The Morgan fingerprint density at radius 3 is 2.34 bits per heavy atom. The Balaban J connectivity index is 1.79. The summed E-state index contributed by atoms with van der Waals surface area (Å²) in [5.74, 6) is 1.31. The van der Waals surface area contributed by atoms with E-state index in [2.05, 4.69) is 0 Å². The summed E-state index contributed by atoms with van der Waals surface area (Å²) in [5.41, 5.74) is 1.03. The minimum atomic E-state index is -0.114. The van der Waals surface area contributed by atoms with Gasteiger partial charge in [0.1, 0.15) is 18.1 Å². The van der Waals surface area contributed by atoms with E-state index in [0.29, 0.717) is 18.0 Å². The van der Waals surface area contributed by atoms with Gasteiger partial charge in [0.2, 0.25) is 5.91 Å². The Morgan fingerprint density at radius 2 is 1.76 bits per heavy atom. The number of hydrogen-bond donors (Lipinski definition) is 0. The van der Waals surface area contributed by atoms with Crippen LogP contribution in [0.5, 0.6) is 0 Å². The molecule has 3 rings (SSSR count). The molecular formula is C23H26N2O3S. The zero-order valence-corrected chi connectivity index (χ0v) is 17.8. The lowest BCUT2D eigenvalue weighted by molar-refractivity contribution is -0.133. The Hall–Kier alpha value is -2.86. The van der Waals surface area contributed by atoms with Gasteiger partial charge in [-0.05, 0) is 49.9 Å². The fraction of sp³-hybridized carbons (Fsp3) is 0.304. The molecule has 29 heavy (non-hydrogen) atoms. The molecule has 152 valence electrons. The number of rotatable bonds is 8. The second-order valence-corrected chi connectivity index (χ2v) is 8.20. The van der Waals surface area contributed by atoms with Crippen molar-refractivity contribution in [3.63, 3.8) is 0 Å². The number of aryl methyl sites for hydroxylation is 1. The largest absolute Gasteiger partial charge is 0.464 e. The summed E-state index contributed by atoms with van der Waals surface area (Å²) in [5, 5.41) is 1.87. The number of amides is 2. The third kappa shape index (κ3) is 5.57. The molecule has 5 nitrogen and oxygen atoms in total. The fourth-order valence-electron chi connectivity index (χ4n) is 3.07. The van der Waals surface area contributed by atoms with Gasteiger partial charge in [-0.25, -0.2) is 0 Å². The van der Waals surface area contributed by atoms with Crippen molar-refractivity contribution in [2.24, 2.45) is 0 Å². The van der Waals surface area contributed by atoms with E-state index in [-0.39, 0.29) is 24.4 Å². The molecule has 0 unspecified atom stereocenters. The van der Waals surface area contributed by atoms with Crippen molar-refractivity contribution in [1.29, 1.82) is 0 Å². The first-order valence-electron chi connectivity index (χ1n) is 9.65. The van der Waals surface area contributed by atoms with Crippen LogP contribution >= 0.6 is 11.3 Å². The zero-order valence-electron chi connectivity index (χ0n) is 17.0. The molecule has 0 aliphatic rings. The molecule has 0 saturated carbocycles. The molecule has 2 aromatic heterocycles. The smallest absolute Gasteiger partial charge is 0.264 e. The molecule has 0 atom stereocenters. The van der Waals surface area contributed by atoms with Crippen LogP contribution in [-0.4, -0.2) is 34.2 Å². The van der Waals surface area contributed by atoms with Crippen LogP contribution in [0.15, 0.2) is 64.4 Å². The van der Waals surface area contributed by atoms with Crippen molar-refractivity contribution in [2.45, 2.75) is 39.9 Å². The SMILES string of the molecule is Cc1ccc(CN(Cc2ccccc2)C(=O)CN(C(=O)c2cccs2)C(C)C)o1. The van der Waals surface area contributed by atoms with Crippen molar-refractivity contribution in [3.8, 4) is 0 Å². The summed E-state index contributed by atoms with van der Waals surface area (Å²) in [7, 11) is 0. The first-order chi connectivity index (χ1) is 13.9. The van der Waals surface area contributed by atoms with E-state index in [4.69, 9.17) is 4.42 Å². The third-order valence-electron chi connectivity index (χ3n) is 4.63. The van der Waals surface area contributed by atoms with Crippen molar-refractivity contribution >= 4 is 23.2 Å². The van der Waals surface area contributed by atoms with Gasteiger partial charge < -0.3 is 14.2 Å². The lowest BCUT2D eigenvalue weighted by Crippen LogP contribution is -2.45. The average molecular weight is 411 g/mol. The van der Waals surface area contributed by atoms with Gasteiger partial charge >= 0.3 is 0 Å². The van der Waals surface area contributed by atoms with Crippen molar-refractivity contribution < 1.29 is 14.0 Å². The molecule has 2 heterocycles. The number of hydrogen-bond acceptors (Lipinski definition) is 4. The molecule has 0 saturated heterocycles. The van der Waals surface area contributed by atoms with E-state index in [9.17, 15) is 9.59 Å². The van der Waals surface area contributed by atoms with E-state index in [1.54, 1.807) is 15.9 Å². The van der Waals surface area contributed by atoms with Gasteiger partial charge in [-0.2, -0.15) is 0 Å². The van der Waals surface area contributed by atoms with Crippen LogP contribution in [0.1, 0.15) is 40.6 Å². The molecule has 0 aliphatic heterocycles. The highest BCUT2D eigenvalue weighted by atomic mass is 32.1. The maximum absolute atomic E-state index is 13.2. The van der Waals surface area contributed by atoms with Crippen LogP contribution in [0.2, 0.25) is 0 Å². The van der Waals surface area contributed by atoms with Crippen LogP contribution in [0.4, 0.5) is 0 Å².